The van der Waals surface area contributed by atoms with Crippen molar-refractivity contribution in [2.45, 2.75) is 6.54 Å². The first-order valence-electron chi connectivity index (χ1n) is 5.05. The van der Waals surface area contributed by atoms with Crippen LogP contribution in [0.25, 0.3) is 0 Å². The highest BCUT2D eigenvalue weighted by atomic mass is 35.5. The first-order valence-corrected chi connectivity index (χ1v) is 5.42. The molecule has 0 saturated heterocycles. The van der Waals surface area contributed by atoms with E-state index in [2.05, 4.69) is 17.2 Å². The van der Waals surface area contributed by atoms with Crippen LogP contribution < -0.4 is 10.6 Å². The Morgan fingerprint density at radius 2 is 2.00 bits per heavy atom. The van der Waals surface area contributed by atoms with Crippen molar-refractivity contribution in [2.24, 2.45) is 0 Å². The van der Waals surface area contributed by atoms with Gasteiger partial charge in [0.05, 0.1) is 0 Å². The van der Waals surface area contributed by atoms with Crippen LogP contribution in [-0.4, -0.2) is 18.4 Å². The van der Waals surface area contributed by atoms with Gasteiger partial charge in [-0.05, 0) is 17.7 Å². The molecular formula is C12H13ClN2O2. The van der Waals surface area contributed by atoms with Crippen LogP contribution in [0.2, 0.25) is 5.02 Å². The number of benzene rings is 1. The molecule has 1 rings (SSSR count). The number of hydrogen-bond donors (Lipinski definition) is 2. The summed E-state index contributed by atoms with van der Waals surface area (Å²) in [7, 11) is 0. The normalized spacial score (nSPS) is 9.47. The lowest BCUT2D eigenvalue weighted by Crippen LogP contribution is -2.39. The second-order valence-electron chi connectivity index (χ2n) is 3.31. The molecule has 2 amide bonds. The van der Waals surface area contributed by atoms with Crippen LogP contribution in [-0.2, 0) is 16.1 Å². The molecule has 1 aromatic rings. The zero-order valence-electron chi connectivity index (χ0n) is 9.20. The van der Waals surface area contributed by atoms with E-state index in [-0.39, 0.29) is 13.1 Å². The topological polar surface area (TPSA) is 58.2 Å². The molecule has 0 unspecified atom stereocenters. The largest absolute Gasteiger partial charge is 0.344 e. The number of halogens is 1. The Hall–Kier alpha value is -1.81. The first kappa shape index (κ1) is 13.3. The molecule has 0 atom stereocenters. The molecule has 0 aliphatic rings. The molecule has 0 heterocycles. The molecule has 0 radical (unpaired) electrons. The van der Waals surface area contributed by atoms with Crippen LogP contribution in [0.15, 0.2) is 36.9 Å². The predicted octanol–water partition coefficient (Wildman–Crippen LogP) is 1.26. The van der Waals surface area contributed by atoms with Gasteiger partial charge in [0, 0.05) is 18.1 Å². The molecule has 17 heavy (non-hydrogen) atoms. The van der Waals surface area contributed by atoms with Gasteiger partial charge in [0.2, 0.25) is 0 Å². The van der Waals surface area contributed by atoms with Gasteiger partial charge in [-0.3, -0.25) is 9.59 Å². The Morgan fingerprint density at radius 1 is 1.29 bits per heavy atom. The molecule has 0 fully saturated rings. The second-order valence-corrected chi connectivity index (χ2v) is 3.75. The van der Waals surface area contributed by atoms with Gasteiger partial charge in [0.1, 0.15) is 0 Å². The van der Waals surface area contributed by atoms with Crippen molar-refractivity contribution >= 4 is 23.4 Å². The summed E-state index contributed by atoms with van der Waals surface area (Å²) in [5.41, 5.74) is 0.836. The average Bonchev–Trinajstić information content (AvgIpc) is 2.33. The smallest absolute Gasteiger partial charge is 0.309 e. The number of nitrogens with one attached hydrogen (secondary N) is 2. The molecule has 0 aliphatic heterocycles. The summed E-state index contributed by atoms with van der Waals surface area (Å²) in [5.74, 6) is -1.35. The lowest BCUT2D eigenvalue weighted by Gasteiger charge is -2.05. The van der Waals surface area contributed by atoms with Gasteiger partial charge >= 0.3 is 11.8 Å². The fraction of sp³-hybridized carbons (Fsp3) is 0.167. The lowest BCUT2D eigenvalue weighted by molar-refractivity contribution is -0.139. The number of carbonyl (C=O) groups excluding carboxylic acids is 2. The summed E-state index contributed by atoms with van der Waals surface area (Å²) in [6.45, 7) is 3.97. The molecule has 5 heteroatoms. The van der Waals surface area contributed by atoms with Gasteiger partial charge < -0.3 is 10.6 Å². The van der Waals surface area contributed by atoms with Gasteiger partial charge in [-0.2, -0.15) is 0 Å². The zero-order chi connectivity index (χ0) is 12.7. The fourth-order valence-corrected chi connectivity index (χ4v) is 1.37. The number of rotatable bonds is 4. The van der Waals surface area contributed by atoms with E-state index < -0.39 is 11.8 Å². The third-order valence-electron chi connectivity index (χ3n) is 1.96. The minimum atomic E-state index is -0.674. The van der Waals surface area contributed by atoms with E-state index in [1.54, 1.807) is 18.2 Å². The van der Waals surface area contributed by atoms with Crippen molar-refractivity contribution in [3.05, 3.63) is 47.5 Å². The minimum Gasteiger partial charge on any atom is -0.344 e. The van der Waals surface area contributed by atoms with Crippen LogP contribution in [0.3, 0.4) is 0 Å². The Kier molecular flexibility index (Phi) is 5.23. The Balaban J connectivity index is 2.42. The minimum absolute atomic E-state index is 0.265. The quantitative estimate of drug-likeness (QED) is 0.626. The number of amides is 2. The van der Waals surface area contributed by atoms with E-state index in [0.717, 1.165) is 5.56 Å². The van der Waals surface area contributed by atoms with Crippen molar-refractivity contribution in [3.63, 3.8) is 0 Å². The van der Waals surface area contributed by atoms with Crippen LogP contribution >= 0.6 is 11.6 Å². The maximum Gasteiger partial charge on any atom is 0.309 e. The maximum atomic E-state index is 11.3. The zero-order valence-corrected chi connectivity index (χ0v) is 9.96. The number of carbonyl (C=O) groups is 2. The highest BCUT2D eigenvalue weighted by molar-refractivity contribution is 6.35. The lowest BCUT2D eigenvalue weighted by atomic mass is 10.2. The molecule has 0 aliphatic carbocycles. The average molecular weight is 253 g/mol. The van der Waals surface area contributed by atoms with Crippen LogP contribution in [0.4, 0.5) is 0 Å². The van der Waals surface area contributed by atoms with Gasteiger partial charge in [-0.15, -0.1) is 6.58 Å². The summed E-state index contributed by atoms with van der Waals surface area (Å²) in [5, 5.41) is 5.47. The fourth-order valence-electron chi connectivity index (χ4n) is 1.15. The Labute approximate surface area is 105 Å². The standard InChI is InChI=1S/C12H13ClN2O2/c1-2-6-14-11(16)12(17)15-8-9-4-3-5-10(13)7-9/h2-5,7H,1,6,8H2,(H,14,16)(H,15,17). The van der Waals surface area contributed by atoms with E-state index in [0.29, 0.717) is 5.02 Å². The third-order valence-corrected chi connectivity index (χ3v) is 2.19. The molecule has 0 saturated carbocycles. The third kappa shape index (κ3) is 4.70. The SMILES string of the molecule is C=CCNC(=O)C(=O)NCc1cccc(Cl)c1. The van der Waals surface area contributed by atoms with E-state index in [9.17, 15) is 9.59 Å². The van der Waals surface area contributed by atoms with Crippen molar-refractivity contribution in [2.75, 3.05) is 6.54 Å². The first-order chi connectivity index (χ1) is 8.13. The summed E-state index contributed by atoms with van der Waals surface area (Å²) in [6, 6.07) is 7.06. The maximum absolute atomic E-state index is 11.3. The molecule has 1 aromatic carbocycles. The van der Waals surface area contributed by atoms with Crippen LogP contribution in [0.5, 0.6) is 0 Å². The predicted molar refractivity (Wildman–Crippen MR) is 66.5 cm³/mol. The van der Waals surface area contributed by atoms with E-state index in [4.69, 9.17) is 11.6 Å². The molecule has 4 nitrogen and oxygen atoms in total. The number of hydrogen-bond acceptors (Lipinski definition) is 2. The van der Waals surface area contributed by atoms with Crippen molar-refractivity contribution in [3.8, 4) is 0 Å². The highest BCUT2D eigenvalue weighted by Crippen LogP contribution is 2.09. The molecule has 0 aromatic heterocycles. The van der Waals surface area contributed by atoms with Crippen molar-refractivity contribution in [1.29, 1.82) is 0 Å². The molecule has 90 valence electrons. The summed E-state index contributed by atoms with van der Waals surface area (Å²) >= 11 is 5.79. The van der Waals surface area contributed by atoms with Crippen molar-refractivity contribution in [1.82, 2.24) is 10.6 Å². The van der Waals surface area contributed by atoms with Gasteiger partial charge in [-0.1, -0.05) is 29.8 Å². The highest BCUT2D eigenvalue weighted by Gasteiger charge is 2.11. The monoisotopic (exact) mass is 252 g/mol. The van der Waals surface area contributed by atoms with Crippen LogP contribution in [0, 0.1) is 0 Å². The summed E-state index contributed by atoms with van der Waals surface area (Å²) in [6.07, 6.45) is 1.50. The molecule has 0 spiro atoms. The Bertz CT molecular complexity index is 432. The summed E-state index contributed by atoms with van der Waals surface area (Å²) < 4.78 is 0. The molecular weight excluding hydrogens is 240 g/mol. The summed E-state index contributed by atoms with van der Waals surface area (Å²) in [4.78, 5) is 22.5. The van der Waals surface area contributed by atoms with Crippen LogP contribution in [0.1, 0.15) is 5.56 Å². The van der Waals surface area contributed by atoms with Crippen molar-refractivity contribution < 1.29 is 9.59 Å². The second kappa shape index (κ2) is 6.70. The van der Waals surface area contributed by atoms with Gasteiger partial charge in [0.25, 0.3) is 0 Å². The van der Waals surface area contributed by atoms with Gasteiger partial charge in [-0.25, -0.2) is 0 Å². The molecule has 0 bridgehead atoms. The van der Waals surface area contributed by atoms with E-state index in [1.807, 2.05) is 6.07 Å². The Morgan fingerprint density at radius 3 is 2.65 bits per heavy atom. The van der Waals surface area contributed by atoms with E-state index >= 15 is 0 Å². The van der Waals surface area contributed by atoms with E-state index in [1.165, 1.54) is 6.08 Å². The molecule has 2 N–H and O–H groups in total. The van der Waals surface area contributed by atoms with Gasteiger partial charge in [0.15, 0.2) is 0 Å².